The van der Waals surface area contributed by atoms with Crippen molar-refractivity contribution in [3.8, 4) is 23.0 Å². The van der Waals surface area contributed by atoms with Gasteiger partial charge < -0.3 is 85.5 Å². The number of fused-ring (bicyclic) bond motifs is 4. The van der Waals surface area contributed by atoms with Gasteiger partial charge in [-0.15, -0.1) is 0 Å². The number of urea groups is 1. The summed E-state index contributed by atoms with van der Waals surface area (Å²) in [5.41, 5.74) is 8.17. The van der Waals surface area contributed by atoms with Crippen LogP contribution in [0.5, 0.6) is 23.0 Å². The lowest BCUT2D eigenvalue weighted by Crippen LogP contribution is -2.54. The molecule has 0 spiro atoms. The van der Waals surface area contributed by atoms with E-state index in [2.05, 4.69) is 34.4 Å². The lowest BCUT2D eigenvalue weighted by Gasteiger charge is -2.31. The molecule has 101 heavy (non-hydrogen) atoms. The van der Waals surface area contributed by atoms with Crippen molar-refractivity contribution in [2.24, 2.45) is 11.7 Å². The Morgan fingerprint density at radius 3 is 1.60 bits per heavy atom. The van der Waals surface area contributed by atoms with E-state index in [4.69, 9.17) is 34.2 Å². The van der Waals surface area contributed by atoms with Crippen LogP contribution in [0.15, 0.2) is 109 Å². The molecule has 0 radical (unpaired) electrons. The topological polar surface area (TPSA) is 397 Å². The minimum Gasteiger partial charge on any atom is -0.493 e. The third kappa shape index (κ3) is 18.3. The number of hydrogen-bond donors (Lipinski definition) is 9. The summed E-state index contributed by atoms with van der Waals surface area (Å²) in [5.74, 6) is -3.12. The van der Waals surface area contributed by atoms with Crippen LogP contribution in [0.4, 0.5) is 31.4 Å². The van der Waals surface area contributed by atoms with E-state index in [1.165, 1.54) is 72.6 Å². The van der Waals surface area contributed by atoms with Crippen molar-refractivity contribution in [1.82, 2.24) is 30.7 Å². The molecule has 538 valence electrons. The van der Waals surface area contributed by atoms with E-state index >= 15 is 0 Å². The predicted octanol–water partition coefficient (Wildman–Crippen LogP) is 4.00. The molecule has 0 aromatic heterocycles. The average Bonchev–Trinajstić information content (AvgIpc) is 1.63. The first-order valence-electron chi connectivity index (χ1n) is 33.3. The highest BCUT2D eigenvalue weighted by Gasteiger charge is 2.48. The average molecular weight is 1400 g/mol. The standard InChI is InChI=1S/C70H85BN10O20/c1-40(2)61(76-58(82)15-9-7-10-27-77-59(83)24-25-60(77)84)63(86)75-49(14-13-26-73-68(72)91)62(85)74-46-22-18-44(19-23-46)39-101-70(93)81-51-35-57(55(97-6)33-48(51)65(88)79-37-42(4)31-53(79)67(81)90)99-29-12-8-11-28-98-56-34-50-47(32-54(56)96-5)64(87)78-36-41(3)30-52(78)66(89)80(50)69(92)100-38-43-16-20-45(21-17-43)71(94)95/h16-25,32-35,40,49,52-53,61,66-67,89-90,94-95H,3-4,7-15,26-31,36-39H2,1-2,5-6H3,(H,74,85)(H,75,86)(H,76,82)(H3,72,73,91)/t49-,52?,53-,61-,66?,67?/m0/s1. The van der Waals surface area contributed by atoms with Crippen molar-refractivity contribution in [3.63, 3.8) is 0 Å². The Morgan fingerprint density at radius 1 is 0.634 bits per heavy atom. The van der Waals surface area contributed by atoms with Gasteiger partial charge in [0.15, 0.2) is 35.5 Å². The number of amides is 11. The fraction of sp³-hybridized carbons (Fsp3) is 0.429. The second-order valence-electron chi connectivity index (χ2n) is 25.4. The molecule has 4 aromatic rings. The van der Waals surface area contributed by atoms with Gasteiger partial charge in [0, 0.05) is 62.6 Å². The Kier molecular flexibility index (Phi) is 25.2. The lowest BCUT2D eigenvalue weighted by atomic mass is 9.80. The van der Waals surface area contributed by atoms with Crippen LogP contribution in [0.2, 0.25) is 0 Å². The predicted molar refractivity (Wildman–Crippen MR) is 367 cm³/mol. The number of nitrogens with zero attached hydrogens (tertiary/aromatic N) is 5. The van der Waals surface area contributed by atoms with Crippen LogP contribution in [0.1, 0.15) is 116 Å². The number of primary amides is 1. The quantitative estimate of drug-likeness (QED) is 0.0149. The molecule has 10 N–H and O–H groups in total. The van der Waals surface area contributed by atoms with Crippen LogP contribution in [0.3, 0.4) is 0 Å². The first-order valence-corrected chi connectivity index (χ1v) is 33.3. The second-order valence-corrected chi connectivity index (χ2v) is 25.4. The van der Waals surface area contributed by atoms with Crippen LogP contribution in [0.25, 0.3) is 0 Å². The number of imide groups is 1. The third-order valence-electron chi connectivity index (χ3n) is 17.8. The number of nitrogens with one attached hydrogen (secondary N) is 4. The number of aliphatic hydroxyl groups is 2. The van der Waals surface area contributed by atoms with Gasteiger partial charge in [-0.2, -0.15) is 0 Å². The summed E-state index contributed by atoms with van der Waals surface area (Å²) < 4.78 is 35.4. The summed E-state index contributed by atoms with van der Waals surface area (Å²) in [7, 11) is 1.10. The fourth-order valence-electron chi connectivity index (χ4n) is 12.5. The maximum absolute atomic E-state index is 14.4. The summed E-state index contributed by atoms with van der Waals surface area (Å²) in [6.45, 7) is 11.8. The summed E-state index contributed by atoms with van der Waals surface area (Å²) in [6, 6.07) is 13.4. The van der Waals surface area contributed by atoms with Gasteiger partial charge in [0.2, 0.25) is 17.7 Å². The molecule has 5 heterocycles. The van der Waals surface area contributed by atoms with Crippen LogP contribution >= 0.6 is 0 Å². The molecule has 30 nitrogen and oxygen atoms in total. The van der Waals surface area contributed by atoms with Crippen molar-refractivity contribution in [1.29, 1.82) is 0 Å². The molecule has 3 unspecified atom stereocenters. The number of aliphatic hydroxyl groups excluding tert-OH is 2. The Bertz CT molecular complexity index is 3810. The molecule has 5 aliphatic heterocycles. The van der Waals surface area contributed by atoms with Crippen LogP contribution in [0, 0.1) is 5.92 Å². The highest BCUT2D eigenvalue weighted by molar-refractivity contribution is 6.58. The molecule has 5 aliphatic rings. The molecule has 0 bridgehead atoms. The van der Waals surface area contributed by atoms with E-state index in [0.717, 1.165) is 14.7 Å². The van der Waals surface area contributed by atoms with Crippen LogP contribution in [-0.2, 0) is 46.7 Å². The molecule has 0 aliphatic carbocycles. The first kappa shape index (κ1) is 74.7. The van der Waals surface area contributed by atoms with Crippen molar-refractivity contribution < 1.29 is 96.6 Å². The summed E-state index contributed by atoms with van der Waals surface area (Å²) in [5, 5.41) is 53.7. The molecule has 2 fully saturated rings. The number of rotatable bonds is 31. The monoisotopic (exact) mass is 1400 g/mol. The number of carbonyl (C=O) groups is 10. The van der Waals surface area contributed by atoms with Crippen LogP contribution in [-0.4, -0.2) is 192 Å². The molecule has 4 aromatic carbocycles. The Balaban J connectivity index is 0.813. The number of unbranched alkanes of at least 4 members (excludes halogenated alkanes) is 4. The normalized spacial score (nSPS) is 18.2. The van der Waals surface area contributed by atoms with E-state index in [-0.39, 0.29) is 147 Å². The second kappa shape index (κ2) is 34.0. The maximum atomic E-state index is 14.4. The zero-order chi connectivity index (χ0) is 72.8. The van der Waals surface area contributed by atoms with Crippen molar-refractivity contribution in [3.05, 3.63) is 132 Å². The van der Waals surface area contributed by atoms with Crippen molar-refractivity contribution in [2.75, 3.05) is 68.7 Å². The van der Waals surface area contributed by atoms with Crippen molar-refractivity contribution in [2.45, 2.75) is 134 Å². The minimum absolute atomic E-state index is 0.0154. The smallest absolute Gasteiger partial charge is 0.488 e. The summed E-state index contributed by atoms with van der Waals surface area (Å²) in [6.07, 6.45) is 0.963. The van der Waals surface area contributed by atoms with Gasteiger partial charge in [0.25, 0.3) is 23.6 Å². The van der Waals surface area contributed by atoms with Gasteiger partial charge in [-0.25, -0.2) is 24.2 Å². The van der Waals surface area contributed by atoms with Crippen molar-refractivity contribution >= 4 is 89.2 Å². The molecular weight excluding hydrogens is 1310 g/mol. The van der Waals surface area contributed by atoms with Crippen LogP contribution < -0.4 is 61.2 Å². The molecule has 6 atom stereocenters. The molecule has 0 saturated carbocycles. The highest BCUT2D eigenvalue weighted by Crippen LogP contribution is 2.44. The largest absolute Gasteiger partial charge is 0.493 e. The Labute approximate surface area is 583 Å². The number of anilines is 3. The molecule has 2 saturated heterocycles. The van der Waals surface area contributed by atoms with Gasteiger partial charge >= 0.3 is 25.3 Å². The fourth-order valence-corrected chi connectivity index (χ4v) is 12.5. The number of carbonyl (C=O) groups excluding carboxylic acids is 10. The number of ether oxygens (including phenoxy) is 6. The molecular formula is C70H85BN10O20. The Morgan fingerprint density at radius 2 is 1.13 bits per heavy atom. The van der Waals surface area contributed by atoms with E-state index < -0.39 is 97.4 Å². The van der Waals surface area contributed by atoms with E-state index in [0.29, 0.717) is 66.5 Å². The first-order chi connectivity index (χ1) is 48.3. The zero-order valence-electron chi connectivity index (χ0n) is 56.7. The van der Waals surface area contributed by atoms with Gasteiger partial charge in [-0.05, 0) is 105 Å². The number of hydrogen-bond acceptors (Lipinski definition) is 20. The van der Waals surface area contributed by atoms with E-state index in [9.17, 15) is 68.2 Å². The van der Waals surface area contributed by atoms with E-state index in [1.807, 2.05) is 0 Å². The molecule has 31 heteroatoms. The highest BCUT2D eigenvalue weighted by atomic mass is 16.6. The van der Waals surface area contributed by atoms with Gasteiger partial charge in [0.1, 0.15) is 25.3 Å². The lowest BCUT2D eigenvalue weighted by molar-refractivity contribution is -0.137. The third-order valence-corrected chi connectivity index (χ3v) is 17.8. The summed E-state index contributed by atoms with van der Waals surface area (Å²) in [4.78, 5) is 139. The number of nitrogens with two attached hydrogens (primary N) is 1. The Hall–Kier alpha value is -10.5. The maximum Gasteiger partial charge on any atom is 0.488 e. The number of benzene rings is 4. The van der Waals surface area contributed by atoms with Gasteiger partial charge in [-0.1, -0.05) is 81.0 Å². The molecule has 11 amide bonds. The number of methoxy groups -OCH3 is 2. The SMILES string of the molecule is C=C1CC2C(O)N(C(=O)OCc3ccc(B(O)O)cc3)c3cc(OCCCCCOc4cc5c(cc4OC)C(=O)N4CC(=C)C[C@H]4C(O)N5C(=O)OCc4ccc(NC(=O)[C@H](CCCNC(N)=O)NC(=O)[C@@H](NC(=O)CCCCCN5C(=O)C=CC5=O)C(C)C)cc4)c(OC)cc3C(=O)N2C1. The molecule has 9 rings (SSSR count). The van der Waals surface area contributed by atoms with Gasteiger partial charge in [0.05, 0.1) is 62.0 Å². The van der Waals surface area contributed by atoms with E-state index in [1.54, 1.807) is 50.2 Å². The zero-order valence-corrected chi connectivity index (χ0v) is 56.7. The van der Waals surface area contributed by atoms with Gasteiger partial charge in [-0.3, -0.25) is 38.5 Å². The summed E-state index contributed by atoms with van der Waals surface area (Å²) >= 11 is 0. The minimum atomic E-state index is -1.69.